The van der Waals surface area contributed by atoms with Crippen LogP contribution in [0.25, 0.3) is 10.9 Å². The lowest BCUT2D eigenvalue weighted by Gasteiger charge is -2.10. The van der Waals surface area contributed by atoms with E-state index in [2.05, 4.69) is 0 Å². The number of carboxylic acids is 1. The van der Waals surface area contributed by atoms with E-state index < -0.39 is 23.4 Å². The van der Waals surface area contributed by atoms with Gasteiger partial charge in [0.1, 0.15) is 24.0 Å². The molecule has 0 aliphatic heterocycles. The summed E-state index contributed by atoms with van der Waals surface area (Å²) in [5.41, 5.74) is 2.53. The quantitative estimate of drug-likeness (QED) is 0.488. The molecule has 0 atom stereocenters. The first-order valence-corrected chi connectivity index (χ1v) is 9.85. The molecule has 2 aromatic carbocycles. The Morgan fingerprint density at radius 1 is 1.00 bits per heavy atom. The van der Waals surface area contributed by atoms with E-state index in [4.69, 9.17) is 0 Å². The van der Waals surface area contributed by atoms with Crippen molar-refractivity contribution in [1.82, 2.24) is 9.13 Å². The van der Waals surface area contributed by atoms with Gasteiger partial charge in [-0.2, -0.15) is 0 Å². The molecule has 164 valence electrons. The molecule has 2 heterocycles. The third kappa shape index (κ3) is 4.16. The lowest BCUT2D eigenvalue weighted by atomic mass is 10.0. The highest BCUT2D eigenvalue weighted by Gasteiger charge is 2.17. The fourth-order valence-electron chi connectivity index (χ4n) is 3.93. The van der Waals surface area contributed by atoms with Crippen molar-refractivity contribution >= 4 is 16.9 Å². The number of carbonyl (C=O) groups is 1. The summed E-state index contributed by atoms with van der Waals surface area (Å²) < 4.78 is 44.1. The molecule has 0 amide bonds. The molecule has 0 aliphatic rings. The van der Waals surface area contributed by atoms with Crippen LogP contribution in [0, 0.1) is 24.4 Å². The van der Waals surface area contributed by atoms with Crippen LogP contribution >= 0.6 is 0 Å². The number of halogens is 3. The molecule has 0 bridgehead atoms. The smallest absolute Gasteiger partial charge is 0.323 e. The van der Waals surface area contributed by atoms with Crippen molar-refractivity contribution in [3.63, 3.8) is 0 Å². The minimum Gasteiger partial charge on any atom is -0.480 e. The summed E-state index contributed by atoms with van der Waals surface area (Å²) in [5, 5.41) is 9.85. The Bertz CT molecular complexity index is 1410. The van der Waals surface area contributed by atoms with E-state index >= 15 is 0 Å². The van der Waals surface area contributed by atoms with Gasteiger partial charge in [-0.15, -0.1) is 0 Å². The van der Waals surface area contributed by atoms with Crippen molar-refractivity contribution in [3.05, 3.63) is 105 Å². The highest BCUT2D eigenvalue weighted by molar-refractivity contribution is 5.87. The van der Waals surface area contributed by atoms with Gasteiger partial charge in [0.15, 0.2) is 0 Å². The minimum absolute atomic E-state index is 0.0762. The molecule has 0 aliphatic carbocycles. The lowest BCUT2D eigenvalue weighted by Crippen LogP contribution is -2.20. The monoisotopic (exact) mass is 440 g/mol. The third-order valence-corrected chi connectivity index (χ3v) is 5.49. The van der Waals surface area contributed by atoms with Crippen LogP contribution in [0.4, 0.5) is 13.2 Å². The average molecular weight is 440 g/mol. The molecule has 2 aromatic heterocycles. The molecular weight excluding hydrogens is 421 g/mol. The van der Waals surface area contributed by atoms with Crippen LogP contribution in [0.1, 0.15) is 22.4 Å². The Morgan fingerprint density at radius 3 is 2.44 bits per heavy atom. The van der Waals surface area contributed by atoms with Crippen molar-refractivity contribution < 1.29 is 23.1 Å². The van der Waals surface area contributed by atoms with E-state index in [1.165, 1.54) is 28.8 Å². The number of aliphatic carboxylic acids is 1. The first-order chi connectivity index (χ1) is 15.2. The van der Waals surface area contributed by atoms with Crippen LogP contribution in [-0.2, 0) is 24.3 Å². The van der Waals surface area contributed by atoms with Crippen LogP contribution in [0.5, 0.6) is 0 Å². The highest BCUT2D eigenvalue weighted by atomic mass is 19.1. The van der Waals surface area contributed by atoms with Gasteiger partial charge in [0.25, 0.3) is 5.56 Å². The van der Waals surface area contributed by atoms with Crippen molar-refractivity contribution in [3.8, 4) is 0 Å². The maximum Gasteiger partial charge on any atom is 0.323 e. The molecule has 5 nitrogen and oxygen atoms in total. The van der Waals surface area contributed by atoms with Gasteiger partial charge < -0.3 is 14.2 Å². The molecule has 0 saturated heterocycles. The van der Waals surface area contributed by atoms with E-state index in [0.717, 1.165) is 17.7 Å². The zero-order valence-electron chi connectivity index (χ0n) is 17.1. The van der Waals surface area contributed by atoms with Gasteiger partial charge in [-0.05, 0) is 42.3 Å². The molecule has 1 N–H and O–H groups in total. The highest BCUT2D eigenvalue weighted by Crippen LogP contribution is 2.29. The van der Waals surface area contributed by atoms with Crippen LogP contribution in [0.15, 0.2) is 59.5 Å². The van der Waals surface area contributed by atoms with Gasteiger partial charge in [-0.1, -0.05) is 12.1 Å². The number of fused-ring (bicyclic) bond motifs is 1. The summed E-state index contributed by atoms with van der Waals surface area (Å²) in [7, 11) is 0. The topological polar surface area (TPSA) is 64.2 Å². The predicted molar refractivity (Wildman–Crippen MR) is 113 cm³/mol. The Balaban J connectivity index is 1.74. The first kappa shape index (κ1) is 21.4. The molecule has 0 saturated carbocycles. The number of nitrogens with zero attached hydrogens (tertiary/aromatic N) is 2. The largest absolute Gasteiger partial charge is 0.480 e. The van der Waals surface area contributed by atoms with Crippen LogP contribution < -0.4 is 5.56 Å². The summed E-state index contributed by atoms with van der Waals surface area (Å²) in [4.78, 5) is 23.6. The molecule has 32 heavy (non-hydrogen) atoms. The van der Waals surface area contributed by atoms with Crippen molar-refractivity contribution in [2.24, 2.45) is 0 Å². The average Bonchev–Trinajstić information content (AvgIpc) is 2.97. The van der Waals surface area contributed by atoms with Gasteiger partial charge >= 0.3 is 5.97 Å². The molecule has 0 radical (unpaired) electrons. The fraction of sp³-hybridized carbons (Fsp3) is 0.167. The zero-order chi connectivity index (χ0) is 23.0. The van der Waals surface area contributed by atoms with Crippen LogP contribution in [-0.4, -0.2) is 20.2 Å². The normalized spacial score (nSPS) is 11.2. The second-order valence-corrected chi connectivity index (χ2v) is 7.62. The van der Waals surface area contributed by atoms with Crippen molar-refractivity contribution in [2.45, 2.75) is 26.4 Å². The first-order valence-electron chi connectivity index (χ1n) is 9.85. The van der Waals surface area contributed by atoms with E-state index in [1.807, 2.05) is 0 Å². The number of rotatable bonds is 6. The molecular formula is C24H19F3N2O3. The second kappa shape index (κ2) is 8.37. The van der Waals surface area contributed by atoms with Gasteiger partial charge in [-0.3, -0.25) is 9.59 Å². The Hall–Kier alpha value is -3.81. The summed E-state index contributed by atoms with van der Waals surface area (Å²) >= 11 is 0. The number of pyridine rings is 1. The SMILES string of the molecule is Cc1c(Cc2ccc(=O)n(Cc3ccc(F)cc3F)c2)c2cc(F)ccc2n1CC(=O)O. The van der Waals surface area contributed by atoms with Gasteiger partial charge in [0.05, 0.1) is 6.54 Å². The van der Waals surface area contributed by atoms with Crippen molar-refractivity contribution in [2.75, 3.05) is 0 Å². The second-order valence-electron chi connectivity index (χ2n) is 7.62. The van der Waals surface area contributed by atoms with Gasteiger partial charge in [0.2, 0.25) is 0 Å². The van der Waals surface area contributed by atoms with E-state index in [0.29, 0.717) is 28.6 Å². The molecule has 0 unspecified atom stereocenters. The number of hydrogen-bond donors (Lipinski definition) is 1. The maximum atomic E-state index is 14.0. The van der Waals surface area contributed by atoms with Crippen molar-refractivity contribution in [1.29, 1.82) is 0 Å². The number of hydrogen-bond acceptors (Lipinski definition) is 2. The third-order valence-electron chi connectivity index (χ3n) is 5.49. The van der Waals surface area contributed by atoms with Crippen LogP contribution in [0.3, 0.4) is 0 Å². The van der Waals surface area contributed by atoms with Crippen LogP contribution in [0.2, 0.25) is 0 Å². The summed E-state index contributed by atoms with van der Waals surface area (Å²) in [5.74, 6) is -2.91. The molecule has 4 rings (SSSR count). The predicted octanol–water partition coefficient (Wildman–Crippen LogP) is 4.25. The summed E-state index contributed by atoms with van der Waals surface area (Å²) in [6.45, 7) is 1.42. The molecule has 4 aromatic rings. The summed E-state index contributed by atoms with van der Waals surface area (Å²) in [6.07, 6.45) is 1.88. The molecule has 8 heteroatoms. The lowest BCUT2D eigenvalue weighted by molar-refractivity contribution is -0.137. The summed E-state index contributed by atoms with van der Waals surface area (Å²) in [6, 6.07) is 10.3. The standard InChI is InChI=1S/C24H19F3N2O3/c1-14-19(20-9-17(25)5-6-22(20)29(14)13-24(31)32)8-15-2-7-23(30)28(11-15)12-16-3-4-18(26)10-21(16)27/h2-7,9-11H,8,12-13H2,1H3,(H,31,32). The Kier molecular flexibility index (Phi) is 5.61. The number of aromatic nitrogens is 2. The van der Waals surface area contributed by atoms with E-state index in [-0.39, 0.29) is 24.2 Å². The molecule has 0 spiro atoms. The minimum atomic E-state index is -1.02. The fourth-order valence-corrected chi connectivity index (χ4v) is 3.93. The number of carboxylic acid groups (broad SMARTS) is 1. The molecule has 0 fully saturated rings. The Morgan fingerprint density at radius 2 is 1.72 bits per heavy atom. The van der Waals surface area contributed by atoms with E-state index in [9.17, 15) is 27.9 Å². The van der Waals surface area contributed by atoms with Gasteiger partial charge in [0, 0.05) is 46.9 Å². The maximum absolute atomic E-state index is 14.0. The number of benzene rings is 2. The zero-order valence-corrected chi connectivity index (χ0v) is 17.1. The van der Waals surface area contributed by atoms with Gasteiger partial charge in [-0.25, -0.2) is 13.2 Å². The van der Waals surface area contributed by atoms with E-state index in [1.54, 1.807) is 29.8 Å². The Labute approximate surface area is 181 Å².